The van der Waals surface area contributed by atoms with Gasteiger partial charge in [-0.2, -0.15) is 0 Å². The molecule has 2 heterocycles. The maximum Gasteiger partial charge on any atom is 0.160 e. The molecule has 8 aromatic carbocycles. The fourth-order valence-electron chi connectivity index (χ4n) is 8.74. The molecular weight excluding hydrogens is 633 g/mol. The number of hydrogen-bond donors (Lipinski definition) is 0. The maximum absolute atomic E-state index is 7.19. The molecule has 0 radical (unpaired) electrons. The summed E-state index contributed by atoms with van der Waals surface area (Å²) in [5.41, 5.74) is 11.3. The van der Waals surface area contributed by atoms with Gasteiger partial charge in [0.05, 0.1) is 16.8 Å². The zero-order valence-electron chi connectivity index (χ0n) is 28.1. The lowest BCUT2D eigenvalue weighted by molar-refractivity contribution is 0.447. The van der Waals surface area contributed by atoms with Crippen molar-refractivity contribution in [2.45, 2.75) is 5.41 Å². The number of ether oxygens (including phenoxy) is 1. The zero-order chi connectivity index (χ0) is 34.2. The van der Waals surface area contributed by atoms with Crippen LogP contribution in [0.3, 0.4) is 0 Å². The molecular formula is C49H30N2O. The van der Waals surface area contributed by atoms with E-state index < -0.39 is 5.41 Å². The molecule has 1 aliphatic carbocycles. The van der Waals surface area contributed by atoms with Crippen LogP contribution in [-0.4, -0.2) is 9.97 Å². The maximum atomic E-state index is 7.19. The summed E-state index contributed by atoms with van der Waals surface area (Å²) in [6, 6.07) is 64.7. The van der Waals surface area contributed by atoms with Gasteiger partial charge >= 0.3 is 0 Å². The summed E-state index contributed by atoms with van der Waals surface area (Å²) in [5, 5.41) is 4.49. The van der Waals surface area contributed by atoms with Crippen LogP contribution in [-0.2, 0) is 5.41 Å². The van der Waals surface area contributed by atoms with Crippen molar-refractivity contribution >= 4 is 21.5 Å². The molecule has 0 saturated heterocycles. The smallest absolute Gasteiger partial charge is 0.160 e. The Balaban J connectivity index is 1.30. The predicted octanol–water partition coefficient (Wildman–Crippen LogP) is 12.3. The van der Waals surface area contributed by atoms with E-state index in [1.165, 1.54) is 22.3 Å². The highest BCUT2D eigenvalue weighted by atomic mass is 16.5. The summed E-state index contributed by atoms with van der Waals surface area (Å²) in [5.74, 6) is 2.50. The van der Waals surface area contributed by atoms with Gasteiger partial charge in [-0.05, 0) is 39.1 Å². The first-order chi connectivity index (χ1) is 25.8. The van der Waals surface area contributed by atoms with Crippen LogP contribution < -0.4 is 4.74 Å². The SMILES string of the molecule is c1ccc(-c2cc(-c3cccc4c3C3(c5ccccc5-4)c4ccc5ccccc5c4Oc4c3ccc3ccccc43)nc(-c3ccccc3)n2)cc1. The van der Waals surface area contributed by atoms with Gasteiger partial charge in [0.15, 0.2) is 5.82 Å². The van der Waals surface area contributed by atoms with Crippen LogP contribution in [0, 0.1) is 0 Å². The van der Waals surface area contributed by atoms with E-state index in [4.69, 9.17) is 14.7 Å². The molecule has 11 rings (SSSR count). The van der Waals surface area contributed by atoms with Crippen molar-refractivity contribution in [3.63, 3.8) is 0 Å². The molecule has 1 aromatic heterocycles. The first-order valence-electron chi connectivity index (χ1n) is 17.7. The lowest BCUT2D eigenvalue weighted by atomic mass is 9.64. The largest absolute Gasteiger partial charge is 0.455 e. The molecule has 0 fully saturated rings. The van der Waals surface area contributed by atoms with Gasteiger partial charge in [0.2, 0.25) is 0 Å². The van der Waals surface area contributed by atoms with Crippen LogP contribution in [0.15, 0.2) is 182 Å². The molecule has 242 valence electrons. The summed E-state index contributed by atoms with van der Waals surface area (Å²) in [6.07, 6.45) is 0. The van der Waals surface area contributed by atoms with Crippen LogP contribution in [0.2, 0.25) is 0 Å². The van der Waals surface area contributed by atoms with Gasteiger partial charge in [-0.1, -0.05) is 176 Å². The first kappa shape index (κ1) is 28.9. The van der Waals surface area contributed by atoms with E-state index in [1.54, 1.807) is 0 Å². The summed E-state index contributed by atoms with van der Waals surface area (Å²) >= 11 is 0. The molecule has 0 bridgehead atoms. The van der Waals surface area contributed by atoms with Crippen LogP contribution in [0.4, 0.5) is 0 Å². The molecule has 0 amide bonds. The molecule has 3 nitrogen and oxygen atoms in total. The number of hydrogen-bond acceptors (Lipinski definition) is 3. The Bertz CT molecular complexity index is 2740. The van der Waals surface area contributed by atoms with Crippen molar-refractivity contribution in [3.05, 3.63) is 204 Å². The number of nitrogens with zero attached hydrogens (tertiary/aromatic N) is 2. The quantitative estimate of drug-likeness (QED) is 0.189. The normalized spacial score (nSPS) is 13.3. The zero-order valence-corrected chi connectivity index (χ0v) is 28.1. The minimum absolute atomic E-state index is 0.690. The second kappa shape index (κ2) is 11.1. The van der Waals surface area contributed by atoms with E-state index in [0.29, 0.717) is 5.82 Å². The lowest BCUT2D eigenvalue weighted by Gasteiger charge is -2.41. The van der Waals surface area contributed by atoms with Crippen LogP contribution in [0.25, 0.3) is 66.6 Å². The molecule has 52 heavy (non-hydrogen) atoms. The highest BCUT2D eigenvalue weighted by molar-refractivity contribution is 6.01. The lowest BCUT2D eigenvalue weighted by Crippen LogP contribution is -2.33. The van der Waals surface area contributed by atoms with Crippen LogP contribution >= 0.6 is 0 Å². The minimum atomic E-state index is -0.690. The van der Waals surface area contributed by atoms with Gasteiger partial charge in [-0.25, -0.2) is 9.97 Å². The Morgan fingerprint density at radius 1 is 0.385 bits per heavy atom. The summed E-state index contributed by atoms with van der Waals surface area (Å²) in [6.45, 7) is 0. The van der Waals surface area contributed by atoms with E-state index in [9.17, 15) is 0 Å². The Morgan fingerprint density at radius 3 is 1.62 bits per heavy atom. The fraction of sp³-hybridized carbons (Fsp3) is 0.0204. The van der Waals surface area contributed by atoms with E-state index in [0.717, 1.165) is 72.2 Å². The van der Waals surface area contributed by atoms with Crippen molar-refractivity contribution in [2.75, 3.05) is 0 Å². The molecule has 3 heteroatoms. The van der Waals surface area contributed by atoms with Crippen molar-refractivity contribution < 1.29 is 4.74 Å². The van der Waals surface area contributed by atoms with Gasteiger partial charge in [0.25, 0.3) is 0 Å². The highest BCUT2D eigenvalue weighted by Gasteiger charge is 2.53. The standard InChI is InChI=1S/C49H30N2O/c1-3-16-33(17-4-1)43-30-44(51-48(50-43)34-18-5-2-6-19-34)39-24-13-23-38-37-22-11-12-25-40(37)49(45(38)39)41-28-26-31-14-7-9-20-35(31)46(41)52-47-36-21-10-8-15-32(36)27-29-42(47)49/h1-30H. The minimum Gasteiger partial charge on any atom is -0.455 e. The Labute approximate surface area is 301 Å². The second-order valence-corrected chi connectivity index (χ2v) is 13.6. The molecule has 0 unspecified atom stereocenters. The average molecular weight is 663 g/mol. The Kier molecular flexibility index (Phi) is 6.17. The van der Waals surface area contributed by atoms with Crippen LogP contribution in [0.5, 0.6) is 11.5 Å². The van der Waals surface area contributed by atoms with Crippen molar-refractivity contribution in [1.82, 2.24) is 9.97 Å². The fourth-order valence-corrected chi connectivity index (χ4v) is 8.74. The van der Waals surface area contributed by atoms with Crippen molar-refractivity contribution in [1.29, 1.82) is 0 Å². The molecule has 1 aliphatic heterocycles. The van der Waals surface area contributed by atoms with Gasteiger partial charge in [-0.3, -0.25) is 0 Å². The third-order valence-corrected chi connectivity index (χ3v) is 10.9. The van der Waals surface area contributed by atoms with Gasteiger partial charge in [0.1, 0.15) is 11.5 Å². The topological polar surface area (TPSA) is 35.0 Å². The van der Waals surface area contributed by atoms with Gasteiger partial charge in [0, 0.05) is 38.6 Å². The third kappa shape index (κ3) is 4.02. The average Bonchev–Trinajstić information content (AvgIpc) is 3.52. The van der Waals surface area contributed by atoms with Gasteiger partial charge in [-0.15, -0.1) is 0 Å². The molecule has 0 saturated carbocycles. The number of aromatic nitrogens is 2. The highest BCUT2D eigenvalue weighted by Crippen LogP contribution is 2.65. The molecule has 9 aromatic rings. The summed E-state index contributed by atoms with van der Waals surface area (Å²) in [4.78, 5) is 10.5. The van der Waals surface area contributed by atoms with Gasteiger partial charge < -0.3 is 4.74 Å². The van der Waals surface area contributed by atoms with E-state index in [1.807, 2.05) is 24.3 Å². The predicted molar refractivity (Wildman–Crippen MR) is 211 cm³/mol. The van der Waals surface area contributed by atoms with E-state index >= 15 is 0 Å². The van der Waals surface area contributed by atoms with Crippen molar-refractivity contribution in [3.8, 4) is 56.5 Å². The number of rotatable bonds is 3. The molecule has 1 spiro atoms. The van der Waals surface area contributed by atoms with E-state index in [-0.39, 0.29) is 0 Å². The molecule has 2 aliphatic rings. The van der Waals surface area contributed by atoms with E-state index in [2.05, 4.69) is 158 Å². The summed E-state index contributed by atoms with van der Waals surface area (Å²) < 4.78 is 7.19. The van der Waals surface area contributed by atoms with Crippen LogP contribution in [0.1, 0.15) is 22.3 Å². The Morgan fingerprint density at radius 2 is 0.923 bits per heavy atom. The third-order valence-electron chi connectivity index (χ3n) is 10.9. The monoisotopic (exact) mass is 662 g/mol. The molecule has 0 atom stereocenters. The summed E-state index contributed by atoms with van der Waals surface area (Å²) in [7, 11) is 0. The Hall–Kier alpha value is -6.84. The van der Waals surface area contributed by atoms with Crippen molar-refractivity contribution in [2.24, 2.45) is 0 Å². The molecule has 0 N–H and O–H groups in total. The first-order valence-corrected chi connectivity index (χ1v) is 17.7. The second-order valence-electron chi connectivity index (χ2n) is 13.6. The number of benzene rings is 8. The number of fused-ring (bicyclic) bond motifs is 13.